The van der Waals surface area contributed by atoms with Gasteiger partial charge < -0.3 is 9.30 Å². The summed E-state index contributed by atoms with van der Waals surface area (Å²) < 4.78 is 6.95. The van der Waals surface area contributed by atoms with Gasteiger partial charge in [-0.25, -0.2) is 4.98 Å². The SMILES string of the molecule is CCCOC(=O)CCCn1c[c]nc1C. The van der Waals surface area contributed by atoms with Crippen LogP contribution in [0.3, 0.4) is 0 Å². The molecule has 0 saturated heterocycles. The Hall–Kier alpha value is -1.32. The van der Waals surface area contributed by atoms with Crippen LogP contribution in [-0.2, 0) is 16.1 Å². The van der Waals surface area contributed by atoms with Crippen molar-refractivity contribution in [1.82, 2.24) is 9.55 Å². The van der Waals surface area contributed by atoms with Crippen LogP contribution in [0, 0.1) is 13.1 Å². The Morgan fingerprint density at radius 1 is 1.67 bits per heavy atom. The van der Waals surface area contributed by atoms with Crippen LogP contribution in [0.25, 0.3) is 0 Å². The zero-order chi connectivity index (χ0) is 11.1. The summed E-state index contributed by atoms with van der Waals surface area (Å²) in [4.78, 5) is 15.1. The van der Waals surface area contributed by atoms with Gasteiger partial charge in [-0.1, -0.05) is 6.92 Å². The fourth-order valence-electron chi connectivity index (χ4n) is 1.26. The standard InChI is InChI=1S/C11H17N2O2/c1-3-9-15-11(14)5-4-7-13-8-6-12-10(13)2/h8H,3-5,7,9H2,1-2H3. The molecule has 0 aliphatic rings. The van der Waals surface area contributed by atoms with Gasteiger partial charge in [-0.05, 0) is 19.8 Å². The van der Waals surface area contributed by atoms with Crippen molar-refractivity contribution in [2.75, 3.05) is 6.61 Å². The molecule has 1 aromatic rings. The molecule has 0 amide bonds. The van der Waals surface area contributed by atoms with Crippen molar-refractivity contribution in [2.24, 2.45) is 0 Å². The van der Waals surface area contributed by atoms with E-state index in [9.17, 15) is 4.79 Å². The molecule has 0 aliphatic heterocycles. The lowest BCUT2D eigenvalue weighted by Gasteiger charge is -2.05. The largest absolute Gasteiger partial charge is 0.466 e. The number of nitrogens with zero attached hydrogens (tertiary/aromatic N) is 2. The van der Waals surface area contributed by atoms with Crippen LogP contribution in [0.5, 0.6) is 0 Å². The van der Waals surface area contributed by atoms with Crippen molar-refractivity contribution in [2.45, 2.75) is 39.7 Å². The van der Waals surface area contributed by atoms with Gasteiger partial charge >= 0.3 is 5.97 Å². The summed E-state index contributed by atoms with van der Waals surface area (Å²) >= 11 is 0. The van der Waals surface area contributed by atoms with Gasteiger partial charge in [-0.3, -0.25) is 4.79 Å². The molecule has 0 spiro atoms. The van der Waals surface area contributed by atoms with Crippen molar-refractivity contribution in [1.29, 1.82) is 0 Å². The Balaban J connectivity index is 2.16. The summed E-state index contributed by atoms with van der Waals surface area (Å²) in [5.41, 5.74) is 0. The fraction of sp³-hybridized carbons (Fsp3) is 0.636. The molecule has 4 nitrogen and oxygen atoms in total. The maximum atomic E-state index is 11.2. The Morgan fingerprint density at radius 3 is 3.07 bits per heavy atom. The number of carbonyl (C=O) groups is 1. The van der Waals surface area contributed by atoms with E-state index >= 15 is 0 Å². The molecule has 15 heavy (non-hydrogen) atoms. The minimum Gasteiger partial charge on any atom is -0.466 e. The fourth-order valence-corrected chi connectivity index (χ4v) is 1.26. The summed E-state index contributed by atoms with van der Waals surface area (Å²) in [7, 11) is 0. The molecule has 0 N–H and O–H groups in total. The molecule has 0 atom stereocenters. The van der Waals surface area contributed by atoms with Gasteiger partial charge in [0.2, 0.25) is 0 Å². The second-order valence-corrected chi connectivity index (χ2v) is 3.43. The molecular weight excluding hydrogens is 192 g/mol. The number of ether oxygens (including phenoxy) is 1. The predicted octanol–water partition coefficient (Wildman–Crippen LogP) is 1.73. The number of imidazole rings is 1. The molecule has 0 fully saturated rings. The number of aromatic nitrogens is 2. The van der Waals surface area contributed by atoms with Gasteiger partial charge in [-0.15, -0.1) is 0 Å². The lowest BCUT2D eigenvalue weighted by Crippen LogP contribution is -2.07. The first-order valence-corrected chi connectivity index (χ1v) is 5.29. The van der Waals surface area contributed by atoms with E-state index in [4.69, 9.17) is 4.74 Å². The summed E-state index contributed by atoms with van der Waals surface area (Å²) in [5, 5.41) is 0. The smallest absolute Gasteiger partial charge is 0.305 e. The second-order valence-electron chi connectivity index (χ2n) is 3.43. The molecule has 83 valence electrons. The van der Waals surface area contributed by atoms with Gasteiger partial charge in [0.25, 0.3) is 0 Å². The lowest BCUT2D eigenvalue weighted by atomic mass is 10.3. The Labute approximate surface area is 90.3 Å². The van der Waals surface area contributed by atoms with Gasteiger partial charge in [-0.2, -0.15) is 0 Å². The Morgan fingerprint density at radius 2 is 2.47 bits per heavy atom. The highest BCUT2D eigenvalue weighted by Gasteiger charge is 2.03. The summed E-state index contributed by atoms with van der Waals surface area (Å²) in [6.07, 6.45) is 6.70. The molecule has 1 heterocycles. The third kappa shape index (κ3) is 4.14. The third-order valence-electron chi connectivity index (χ3n) is 2.10. The number of aryl methyl sites for hydroxylation is 2. The van der Waals surface area contributed by atoms with E-state index in [-0.39, 0.29) is 5.97 Å². The highest BCUT2D eigenvalue weighted by Crippen LogP contribution is 2.00. The lowest BCUT2D eigenvalue weighted by molar-refractivity contribution is -0.143. The molecule has 1 radical (unpaired) electrons. The molecule has 0 unspecified atom stereocenters. The molecule has 0 aromatic carbocycles. The van der Waals surface area contributed by atoms with E-state index in [1.54, 1.807) is 6.20 Å². The number of hydrogen-bond donors (Lipinski definition) is 0. The second kappa shape index (κ2) is 6.22. The van der Waals surface area contributed by atoms with Crippen LogP contribution in [0.4, 0.5) is 0 Å². The molecule has 1 aromatic heterocycles. The van der Waals surface area contributed by atoms with Crippen LogP contribution in [0.1, 0.15) is 32.0 Å². The van der Waals surface area contributed by atoms with Crippen molar-refractivity contribution in [3.63, 3.8) is 0 Å². The van der Waals surface area contributed by atoms with Gasteiger partial charge in [0.05, 0.1) is 6.61 Å². The summed E-state index contributed by atoms with van der Waals surface area (Å²) in [6.45, 7) is 5.23. The van der Waals surface area contributed by atoms with Crippen LogP contribution in [0.15, 0.2) is 6.20 Å². The van der Waals surface area contributed by atoms with Crippen molar-refractivity contribution >= 4 is 5.97 Å². The van der Waals surface area contributed by atoms with Crippen LogP contribution in [-0.4, -0.2) is 22.1 Å². The average Bonchev–Trinajstić information content (AvgIpc) is 2.61. The highest BCUT2D eigenvalue weighted by molar-refractivity contribution is 5.69. The van der Waals surface area contributed by atoms with E-state index in [1.807, 2.05) is 18.4 Å². The van der Waals surface area contributed by atoms with Gasteiger partial charge in [0, 0.05) is 19.2 Å². The molecule has 0 saturated carbocycles. The van der Waals surface area contributed by atoms with Crippen LogP contribution >= 0.6 is 0 Å². The van der Waals surface area contributed by atoms with E-state index in [0.717, 1.165) is 25.2 Å². The van der Waals surface area contributed by atoms with Crippen molar-refractivity contribution < 1.29 is 9.53 Å². The summed E-state index contributed by atoms with van der Waals surface area (Å²) in [6, 6.07) is 0. The summed E-state index contributed by atoms with van der Waals surface area (Å²) in [5.74, 6) is 0.815. The first-order valence-electron chi connectivity index (χ1n) is 5.29. The maximum Gasteiger partial charge on any atom is 0.305 e. The Kier molecular flexibility index (Phi) is 4.87. The first-order chi connectivity index (χ1) is 7.24. The minimum atomic E-state index is -0.112. The highest BCUT2D eigenvalue weighted by atomic mass is 16.5. The number of carbonyl (C=O) groups excluding carboxylic acids is 1. The number of hydrogen-bond acceptors (Lipinski definition) is 3. The Bertz CT molecular complexity index is 307. The minimum absolute atomic E-state index is 0.112. The number of rotatable bonds is 6. The quantitative estimate of drug-likeness (QED) is 0.670. The molecule has 0 bridgehead atoms. The van der Waals surface area contributed by atoms with E-state index in [0.29, 0.717) is 13.0 Å². The average molecular weight is 209 g/mol. The van der Waals surface area contributed by atoms with Gasteiger partial charge in [0.1, 0.15) is 12.0 Å². The predicted molar refractivity (Wildman–Crippen MR) is 56.3 cm³/mol. The van der Waals surface area contributed by atoms with E-state index in [2.05, 4.69) is 11.2 Å². The molecule has 1 rings (SSSR count). The van der Waals surface area contributed by atoms with Crippen LogP contribution in [0.2, 0.25) is 0 Å². The van der Waals surface area contributed by atoms with E-state index in [1.165, 1.54) is 0 Å². The molecule has 4 heteroatoms. The third-order valence-corrected chi connectivity index (χ3v) is 2.10. The maximum absolute atomic E-state index is 11.2. The normalized spacial score (nSPS) is 10.3. The van der Waals surface area contributed by atoms with E-state index < -0.39 is 0 Å². The topological polar surface area (TPSA) is 44.1 Å². The van der Waals surface area contributed by atoms with Gasteiger partial charge in [0.15, 0.2) is 0 Å². The van der Waals surface area contributed by atoms with Crippen LogP contribution < -0.4 is 0 Å². The zero-order valence-corrected chi connectivity index (χ0v) is 9.32. The zero-order valence-electron chi connectivity index (χ0n) is 9.32. The monoisotopic (exact) mass is 209 g/mol. The molecule has 0 aliphatic carbocycles. The first kappa shape index (κ1) is 11.8. The van der Waals surface area contributed by atoms with Crippen molar-refractivity contribution in [3.8, 4) is 0 Å². The van der Waals surface area contributed by atoms with Crippen molar-refractivity contribution in [3.05, 3.63) is 18.2 Å². The molecular formula is C11H17N2O2. The number of esters is 1.